The topological polar surface area (TPSA) is 68.5 Å². The number of imidazole rings is 1. The number of aryl methyl sites for hydroxylation is 1. The normalized spacial score (nSPS) is 16.0. The molecule has 1 amide bonds. The van der Waals surface area contributed by atoms with Gasteiger partial charge in [0.1, 0.15) is 17.5 Å². The number of oxime groups is 1. The van der Waals surface area contributed by atoms with Crippen molar-refractivity contribution >= 4 is 22.7 Å². The first-order chi connectivity index (χ1) is 14.1. The monoisotopic (exact) mass is 398 g/mol. The van der Waals surface area contributed by atoms with Crippen molar-refractivity contribution in [2.75, 3.05) is 6.54 Å². The summed E-state index contributed by atoms with van der Waals surface area (Å²) in [6, 6.07) is 11.4. The van der Waals surface area contributed by atoms with Gasteiger partial charge in [-0.3, -0.25) is 4.79 Å². The number of fused-ring (bicyclic) bond motifs is 1. The maximum atomic E-state index is 13.9. The third-order valence-corrected chi connectivity index (χ3v) is 4.91. The second-order valence-electron chi connectivity index (χ2n) is 6.73. The summed E-state index contributed by atoms with van der Waals surface area (Å²) in [5, 5.41) is 6.50. The molecule has 2 heterocycles. The van der Waals surface area contributed by atoms with Gasteiger partial charge in [0.2, 0.25) is 6.10 Å². The number of amides is 1. The number of nitrogens with zero attached hydrogens (tertiary/aromatic N) is 3. The van der Waals surface area contributed by atoms with Crippen LogP contribution in [-0.4, -0.2) is 33.8 Å². The second-order valence-corrected chi connectivity index (χ2v) is 6.73. The van der Waals surface area contributed by atoms with Crippen LogP contribution >= 0.6 is 0 Å². The zero-order valence-electron chi connectivity index (χ0n) is 15.9. The van der Waals surface area contributed by atoms with Crippen molar-refractivity contribution in [3.8, 4) is 0 Å². The molecule has 6 nitrogen and oxygen atoms in total. The third-order valence-electron chi connectivity index (χ3n) is 4.91. The summed E-state index contributed by atoms with van der Waals surface area (Å²) < 4.78 is 29.9. The molecule has 1 aromatic heterocycles. The number of hydrogen-bond donors (Lipinski definition) is 1. The van der Waals surface area contributed by atoms with E-state index in [1.165, 1.54) is 6.07 Å². The molecule has 0 aliphatic carbocycles. The first-order valence-corrected chi connectivity index (χ1v) is 9.47. The third kappa shape index (κ3) is 3.70. The van der Waals surface area contributed by atoms with Gasteiger partial charge in [-0.15, -0.1) is 0 Å². The molecule has 0 radical (unpaired) electrons. The maximum absolute atomic E-state index is 13.9. The summed E-state index contributed by atoms with van der Waals surface area (Å²) in [7, 11) is 0. The quantitative estimate of drug-likeness (QED) is 0.693. The minimum atomic E-state index is -0.908. The SMILES string of the molecule is CCn1c(CCNC(=O)[C@H]2CC(c3c(F)cccc3F)=NO2)nc2ccccc21. The second kappa shape index (κ2) is 7.98. The molecule has 150 valence electrons. The molecular weight excluding hydrogens is 378 g/mol. The molecule has 0 spiro atoms. The van der Waals surface area contributed by atoms with Crippen LogP contribution in [0.4, 0.5) is 8.78 Å². The standard InChI is InChI=1S/C21H20F2N4O2/c1-2-27-17-9-4-3-8-15(17)25-19(27)10-11-24-21(28)18-12-16(26-29-18)20-13(22)6-5-7-14(20)23/h3-9,18H,2,10-12H2,1H3,(H,24,28)/t18-/m1/s1. The van der Waals surface area contributed by atoms with Gasteiger partial charge >= 0.3 is 0 Å². The van der Waals surface area contributed by atoms with E-state index in [0.29, 0.717) is 13.0 Å². The van der Waals surface area contributed by atoms with Gasteiger partial charge in [0, 0.05) is 25.9 Å². The van der Waals surface area contributed by atoms with E-state index in [1.54, 1.807) is 0 Å². The van der Waals surface area contributed by atoms with E-state index < -0.39 is 17.7 Å². The van der Waals surface area contributed by atoms with Gasteiger partial charge in [-0.1, -0.05) is 23.4 Å². The molecule has 1 N–H and O–H groups in total. The number of para-hydroxylation sites is 2. The number of rotatable bonds is 6. The molecule has 1 aliphatic rings. The van der Waals surface area contributed by atoms with Gasteiger partial charge < -0.3 is 14.7 Å². The molecule has 1 aliphatic heterocycles. The average Bonchev–Trinajstić information content (AvgIpc) is 3.32. The Morgan fingerprint density at radius 2 is 1.97 bits per heavy atom. The molecule has 4 rings (SSSR count). The minimum Gasteiger partial charge on any atom is -0.382 e. The van der Waals surface area contributed by atoms with Crippen LogP contribution < -0.4 is 5.32 Å². The summed E-state index contributed by atoms with van der Waals surface area (Å²) in [5.74, 6) is -0.954. The Hall–Kier alpha value is -3.29. The fourth-order valence-electron chi connectivity index (χ4n) is 3.52. The first kappa shape index (κ1) is 19.0. The van der Waals surface area contributed by atoms with Crippen LogP contribution in [0.15, 0.2) is 47.6 Å². The van der Waals surface area contributed by atoms with E-state index in [-0.39, 0.29) is 23.6 Å². The highest BCUT2D eigenvalue weighted by atomic mass is 19.1. The van der Waals surface area contributed by atoms with Gasteiger partial charge in [-0.05, 0) is 31.2 Å². The number of halogens is 2. The lowest BCUT2D eigenvalue weighted by atomic mass is 10.0. The van der Waals surface area contributed by atoms with Gasteiger partial charge in [-0.25, -0.2) is 13.8 Å². The van der Waals surface area contributed by atoms with Crippen LogP contribution in [-0.2, 0) is 22.6 Å². The maximum Gasteiger partial charge on any atom is 0.264 e. The van der Waals surface area contributed by atoms with E-state index in [0.717, 1.165) is 35.5 Å². The molecule has 0 unspecified atom stereocenters. The van der Waals surface area contributed by atoms with Gasteiger partial charge in [0.25, 0.3) is 5.91 Å². The van der Waals surface area contributed by atoms with Crippen molar-refractivity contribution in [1.29, 1.82) is 0 Å². The largest absolute Gasteiger partial charge is 0.382 e. The fraction of sp³-hybridized carbons (Fsp3) is 0.286. The van der Waals surface area contributed by atoms with Crippen molar-refractivity contribution in [2.45, 2.75) is 32.4 Å². The molecule has 0 saturated heterocycles. The van der Waals surface area contributed by atoms with Crippen LogP contribution in [0, 0.1) is 11.6 Å². The molecule has 1 atom stereocenters. The summed E-state index contributed by atoms with van der Waals surface area (Å²) in [6.45, 7) is 3.19. The molecule has 0 fully saturated rings. The Bertz CT molecular complexity index is 1070. The Kier molecular flexibility index (Phi) is 5.24. The zero-order chi connectivity index (χ0) is 20.4. The summed E-state index contributed by atoms with van der Waals surface area (Å²) in [4.78, 5) is 22.1. The number of benzene rings is 2. The van der Waals surface area contributed by atoms with Crippen molar-refractivity contribution in [3.63, 3.8) is 0 Å². The molecule has 0 saturated carbocycles. The van der Waals surface area contributed by atoms with Crippen molar-refractivity contribution in [1.82, 2.24) is 14.9 Å². The molecular formula is C21H20F2N4O2. The lowest BCUT2D eigenvalue weighted by molar-refractivity contribution is -0.131. The number of aromatic nitrogens is 2. The highest BCUT2D eigenvalue weighted by molar-refractivity contribution is 6.04. The van der Waals surface area contributed by atoms with E-state index in [9.17, 15) is 13.6 Å². The summed E-state index contributed by atoms with van der Waals surface area (Å²) >= 11 is 0. The van der Waals surface area contributed by atoms with Crippen LogP contribution in [0.5, 0.6) is 0 Å². The van der Waals surface area contributed by atoms with Crippen molar-refractivity contribution < 1.29 is 18.4 Å². The Morgan fingerprint density at radius 1 is 1.21 bits per heavy atom. The van der Waals surface area contributed by atoms with Crippen LogP contribution in [0.1, 0.15) is 24.7 Å². The van der Waals surface area contributed by atoms with E-state index >= 15 is 0 Å². The van der Waals surface area contributed by atoms with Crippen molar-refractivity contribution in [2.24, 2.45) is 5.16 Å². The Balaban J connectivity index is 1.36. The molecule has 8 heteroatoms. The molecule has 3 aromatic rings. The number of nitrogens with one attached hydrogen (secondary N) is 1. The van der Waals surface area contributed by atoms with E-state index in [1.807, 2.05) is 31.2 Å². The number of carbonyl (C=O) groups excluding carboxylic acids is 1. The van der Waals surface area contributed by atoms with Gasteiger partial charge in [0.05, 0.1) is 22.3 Å². The zero-order valence-corrected chi connectivity index (χ0v) is 15.9. The fourth-order valence-corrected chi connectivity index (χ4v) is 3.52. The van der Waals surface area contributed by atoms with Crippen LogP contribution in [0.3, 0.4) is 0 Å². The van der Waals surface area contributed by atoms with Crippen molar-refractivity contribution in [3.05, 3.63) is 65.5 Å². The number of hydrogen-bond acceptors (Lipinski definition) is 4. The molecule has 0 bridgehead atoms. The van der Waals surface area contributed by atoms with Crippen LogP contribution in [0.25, 0.3) is 11.0 Å². The smallest absolute Gasteiger partial charge is 0.264 e. The van der Waals surface area contributed by atoms with E-state index in [2.05, 4.69) is 20.0 Å². The predicted molar refractivity (Wildman–Crippen MR) is 105 cm³/mol. The first-order valence-electron chi connectivity index (χ1n) is 9.47. The lowest BCUT2D eigenvalue weighted by Gasteiger charge is -2.10. The highest BCUT2D eigenvalue weighted by Gasteiger charge is 2.31. The van der Waals surface area contributed by atoms with Crippen LogP contribution in [0.2, 0.25) is 0 Å². The molecule has 29 heavy (non-hydrogen) atoms. The Morgan fingerprint density at radius 3 is 2.72 bits per heavy atom. The summed E-state index contributed by atoms with van der Waals surface area (Å²) in [6.07, 6.45) is -0.345. The predicted octanol–water partition coefficient (Wildman–Crippen LogP) is 3.19. The molecule has 2 aromatic carbocycles. The lowest BCUT2D eigenvalue weighted by Crippen LogP contribution is -2.36. The Labute approximate surface area is 166 Å². The average molecular weight is 398 g/mol. The van der Waals surface area contributed by atoms with Gasteiger partial charge in [0.15, 0.2) is 0 Å². The van der Waals surface area contributed by atoms with E-state index in [4.69, 9.17) is 4.84 Å². The summed E-state index contributed by atoms with van der Waals surface area (Å²) in [5.41, 5.74) is 1.81. The van der Waals surface area contributed by atoms with Gasteiger partial charge in [-0.2, -0.15) is 0 Å². The highest BCUT2D eigenvalue weighted by Crippen LogP contribution is 2.22. The number of carbonyl (C=O) groups is 1. The minimum absolute atomic E-state index is 0.0111.